The Balaban J connectivity index is 2.52. The summed E-state index contributed by atoms with van der Waals surface area (Å²) in [5.74, 6) is 0. The summed E-state index contributed by atoms with van der Waals surface area (Å²) in [6.07, 6.45) is 7.54. The van der Waals surface area contributed by atoms with E-state index in [1.54, 1.807) is 0 Å². The fraction of sp³-hybridized carbons (Fsp3) is 0.750. The monoisotopic (exact) mass is 209 g/mol. The normalized spacial score (nSPS) is 13.0. The van der Waals surface area contributed by atoms with Crippen LogP contribution in [0.2, 0.25) is 0 Å². The molecule has 1 rings (SSSR count). The van der Waals surface area contributed by atoms with Gasteiger partial charge in [-0.1, -0.05) is 20.3 Å². The molecule has 0 spiro atoms. The summed E-state index contributed by atoms with van der Waals surface area (Å²) in [5.41, 5.74) is 1.30. The number of rotatable bonds is 7. The summed E-state index contributed by atoms with van der Waals surface area (Å²) in [4.78, 5) is 4.23. The zero-order valence-electron chi connectivity index (χ0n) is 10.2. The van der Waals surface area contributed by atoms with E-state index >= 15 is 0 Å². The van der Waals surface area contributed by atoms with Gasteiger partial charge in [0.1, 0.15) is 0 Å². The quantitative estimate of drug-likeness (QED) is 0.700. The topological polar surface area (TPSA) is 29.9 Å². The molecule has 0 aromatic carbocycles. The van der Waals surface area contributed by atoms with Crippen molar-refractivity contribution in [3.05, 3.63) is 18.2 Å². The van der Waals surface area contributed by atoms with E-state index in [1.807, 2.05) is 12.5 Å². The molecule has 0 fully saturated rings. The van der Waals surface area contributed by atoms with E-state index in [0.29, 0.717) is 6.04 Å². The van der Waals surface area contributed by atoms with Gasteiger partial charge in [0.05, 0.1) is 12.0 Å². The third kappa shape index (κ3) is 3.67. The predicted octanol–water partition coefficient (Wildman–Crippen LogP) is 2.74. The lowest BCUT2D eigenvalue weighted by molar-refractivity contribution is 0.476. The smallest absolute Gasteiger partial charge is 0.0951 e. The third-order valence-electron chi connectivity index (χ3n) is 2.66. The van der Waals surface area contributed by atoms with E-state index in [2.05, 4.69) is 35.6 Å². The predicted molar refractivity (Wildman–Crippen MR) is 63.8 cm³/mol. The van der Waals surface area contributed by atoms with Crippen molar-refractivity contribution in [2.75, 3.05) is 6.54 Å². The molecule has 1 unspecified atom stereocenters. The molecule has 0 aliphatic rings. The lowest BCUT2D eigenvalue weighted by atomic mass is 10.2. The molecule has 1 aromatic rings. The fourth-order valence-corrected chi connectivity index (χ4v) is 1.82. The minimum atomic E-state index is 0.566. The summed E-state index contributed by atoms with van der Waals surface area (Å²) in [6.45, 7) is 8.68. The van der Waals surface area contributed by atoms with Gasteiger partial charge in [-0.25, -0.2) is 4.98 Å². The number of aromatic nitrogens is 2. The van der Waals surface area contributed by atoms with E-state index < -0.39 is 0 Å². The van der Waals surface area contributed by atoms with Gasteiger partial charge in [0, 0.05) is 18.8 Å². The molecule has 0 saturated carbocycles. The van der Waals surface area contributed by atoms with Gasteiger partial charge >= 0.3 is 0 Å². The van der Waals surface area contributed by atoms with Crippen LogP contribution in [0.1, 0.15) is 51.8 Å². The van der Waals surface area contributed by atoms with Crippen LogP contribution in [0.25, 0.3) is 0 Å². The van der Waals surface area contributed by atoms with Gasteiger partial charge in [-0.3, -0.25) is 0 Å². The highest BCUT2D eigenvalue weighted by Gasteiger charge is 2.07. The number of nitrogens with zero attached hydrogens (tertiary/aromatic N) is 2. The first-order chi connectivity index (χ1) is 7.29. The van der Waals surface area contributed by atoms with Crippen molar-refractivity contribution >= 4 is 0 Å². The first-order valence-corrected chi connectivity index (χ1v) is 6.01. The van der Waals surface area contributed by atoms with Crippen molar-refractivity contribution in [2.45, 2.75) is 52.6 Å². The van der Waals surface area contributed by atoms with Crippen LogP contribution < -0.4 is 5.32 Å². The lowest BCUT2D eigenvalue weighted by Gasteiger charge is -2.15. The second kappa shape index (κ2) is 6.62. The van der Waals surface area contributed by atoms with Crippen molar-refractivity contribution in [3.63, 3.8) is 0 Å². The van der Waals surface area contributed by atoms with E-state index in [9.17, 15) is 0 Å². The van der Waals surface area contributed by atoms with Crippen LogP contribution in [0.5, 0.6) is 0 Å². The summed E-state index contributed by atoms with van der Waals surface area (Å²) < 4.78 is 2.28. The van der Waals surface area contributed by atoms with Gasteiger partial charge < -0.3 is 9.88 Å². The number of nitrogens with one attached hydrogen (secondary N) is 1. The molecular formula is C12H23N3. The summed E-state index contributed by atoms with van der Waals surface area (Å²) >= 11 is 0. The Morgan fingerprint density at radius 1 is 1.40 bits per heavy atom. The maximum Gasteiger partial charge on any atom is 0.0951 e. The van der Waals surface area contributed by atoms with Gasteiger partial charge in [0.15, 0.2) is 0 Å². The Labute approximate surface area is 92.9 Å². The van der Waals surface area contributed by atoms with Gasteiger partial charge in [0.25, 0.3) is 0 Å². The molecule has 1 N–H and O–H groups in total. The minimum absolute atomic E-state index is 0.566. The molecular weight excluding hydrogens is 186 g/mol. The average Bonchev–Trinajstić information content (AvgIpc) is 2.67. The fourth-order valence-electron chi connectivity index (χ4n) is 1.82. The van der Waals surface area contributed by atoms with E-state index in [0.717, 1.165) is 13.1 Å². The molecule has 0 saturated heterocycles. The maximum absolute atomic E-state index is 4.23. The Bertz CT molecular complexity index is 268. The van der Waals surface area contributed by atoms with Gasteiger partial charge in [-0.15, -0.1) is 0 Å². The van der Waals surface area contributed by atoms with E-state index in [1.165, 1.54) is 25.0 Å². The van der Waals surface area contributed by atoms with Gasteiger partial charge in [0.2, 0.25) is 0 Å². The molecule has 0 aliphatic heterocycles. The molecule has 1 atom stereocenters. The molecule has 86 valence electrons. The zero-order valence-corrected chi connectivity index (χ0v) is 10.2. The summed E-state index contributed by atoms with van der Waals surface area (Å²) in [7, 11) is 0. The second-order valence-corrected chi connectivity index (χ2v) is 4.11. The number of imidazole rings is 1. The van der Waals surface area contributed by atoms with Crippen LogP contribution in [-0.2, 0) is 6.54 Å². The number of hydrogen-bond acceptors (Lipinski definition) is 2. The molecule has 1 aromatic heterocycles. The van der Waals surface area contributed by atoms with E-state index in [-0.39, 0.29) is 0 Å². The van der Waals surface area contributed by atoms with Crippen LogP contribution in [0.3, 0.4) is 0 Å². The SMILES string of the molecule is CCCNCc1cncn1C(C)CCC. The molecule has 0 bridgehead atoms. The Kier molecular flexibility index (Phi) is 5.40. The van der Waals surface area contributed by atoms with Crippen molar-refractivity contribution < 1.29 is 0 Å². The molecule has 3 heteroatoms. The molecule has 3 nitrogen and oxygen atoms in total. The van der Waals surface area contributed by atoms with Crippen LogP contribution in [0, 0.1) is 0 Å². The van der Waals surface area contributed by atoms with Crippen LogP contribution in [0.4, 0.5) is 0 Å². The second-order valence-electron chi connectivity index (χ2n) is 4.11. The highest BCUT2D eigenvalue weighted by atomic mass is 15.1. The maximum atomic E-state index is 4.23. The van der Waals surface area contributed by atoms with Gasteiger partial charge in [-0.2, -0.15) is 0 Å². The van der Waals surface area contributed by atoms with Crippen molar-refractivity contribution in [2.24, 2.45) is 0 Å². The first-order valence-electron chi connectivity index (χ1n) is 6.01. The third-order valence-corrected chi connectivity index (χ3v) is 2.66. The van der Waals surface area contributed by atoms with Crippen molar-refractivity contribution in [1.82, 2.24) is 14.9 Å². The summed E-state index contributed by atoms with van der Waals surface area (Å²) in [5, 5.41) is 3.41. The molecule has 15 heavy (non-hydrogen) atoms. The first kappa shape index (κ1) is 12.2. The molecule has 1 heterocycles. The standard InChI is InChI=1S/C12H23N3/c1-4-6-11(3)15-10-14-9-12(15)8-13-7-5-2/h9-11,13H,4-8H2,1-3H3. The average molecular weight is 209 g/mol. The highest BCUT2D eigenvalue weighted by Crippen LogP contribution is 2.15. The van der Waals surface area contributed by atoms with Crippen LogP contribution in [-0.4, -0.2) is 16.1 Å². The van der Waals surface area contributed by atoms with Crippen LogP contribution >= 0.6 is 0 Å². The zero-order chi connectivity index (χ0) is 11.1. The molecule has 0 aliphatic carbocycles. The van der Waals surface area contributed by atoms with Crippen LogP contribution in [0.15, 0.2) is 12.5 Å². The van der Waals surface area contributed by atoms with Crippen molar-refractivity contribution in [1.29, 1.82) is 0 Å². The Hall–Kier alpha value is -0.830. The molecule has 0 amide bonds. The van der Waals surface area contributed by atoms with Crippen molar-refractivity contribution in [3.8, 4) is 0 Å². The lowest BCUT2D eigenvalue weighted by Crippen LogP contribution is -2.18. The highest BCUT2D eigenvalue weighted by molar-refractivity contribution is 4.99. The molecule has 0 radical (unpaired) electrons. The Morgan fingerprint density at radius 2 is 2.20 bits per heavy atom. The Morgan fingerprint density at radius 3 is 2.87 bits per heavy atom. The van der Waals surface area contributed by atoms with E-state index in [4.69, 9.17) is 0 Å². The summed E-state index contributed by atoms with van der Waals surface area (Å²) in [6, 6.07) is 0.566. The van der Waals surface area contributed by atoms with Gasteiger partial charge in [-0.05, 0) is 26.3 Å². The largest absolute Gasteiger partial charge is 0.331 e. The minimum Gasteiger partial charge on any atom is -0.331 e. The number of hydrogen-bond donors (Lipinski definition) is 1.